The van der Waals surface area contributed by atoms with Gasteiger partial charge < -0.3 is 10.2 Å². The minimum Gasteiger partial charge on any atom is -0.351 e. The number of rotatable bonds is 3. The molecule has 3 heterocycles. The minimum atomic E-state index is 0. The van der Waals surface area contributed by atoms with Crippen molar-refractivity contribution in [2.45, 2.75) is 32.2 Å². The van der Waals surface area contributed by atoms with Gasteiger partial charge >= 0.3 is 0 Å². The average Bonchev–Trinajstić information content (AvgIpc) is 3.12. The number of aromatic amines is 1. The molecule has 0 bridgehead atoms. The largest absolute Gasteiger partial charge is 0.351 e. The summed E-state index contributed by atoms with van der Waals surface area (Å²) < 4.78 is 0. The number of nitrogens with zero attached hydrogens (tertiary/aromatic N) is 5. The third kappa shape index (κ3) is 4.43. The fraction of sp³-hybridized carbons (Fsp3) is 0.500. The van der Waals surface area contributed by atoms with E-state index in [9.17, 15) is 0 Å². The number of pyridine rings is 1. The molecule has 2 aromatic rings. The number of aryl methyl sites for hydroxylation is 1. The van der Waals surface area contributed by atoms with Gasteiger partial charge in [0.2, 0.25) is 0 Å². The van der Waals surface area contributed by atoms with Crippen LogP contribution in [0.15, 0.2) is 29.6 Å². The van der Waals surface area contributed by atoms with Crippen LogP contribution in [0.25, 0.3) is 0 Å². The molecule has 8 heteroatoms. The van der Waals surface area contributed by atoms with Gasteiger partial charge in [0.15, 0.2) is 5.96 Å². The Kier molecular flexibility index (Phi) is 6.95. The molecule has 1 aliphatic heterocycles. The van der Waals surface area contributed by atoms with Crippen LogP contribution < -0.4 is 5.32 Å². The van der Waals surface area contributed by atoms with E-state index in [2.05, 4.69) is 48.4 Å². The number of piperidine rings is 1. The second kappa shape index (κ2) is 8.95. The summed E-state index contributed by atoms with van der Waals surface area (Å²) in [6, 6.07) is 4.04. The van der Waals surface area contributed by atoms with Crippen molar-refractivity contribution in [1.29, 1.82) is 0 Å². The van der Waals surface area contributed by atoms with Gasteiger partial charge in [-0.1, -0.05) is 6.07 Å². The maximum absolute atomic E-state index is 4.42. The van der Waals surface area contributed by atoms with E-state index in [1.807, 2.05) is 19.3 Å². The maximum Gasteiger partial charge on any atom is 0.193 e. The standard InChI is InChI=1S/C16H23N7.HI/c1-12-4-3-7-18-14(12)10-19-16(17-2)23-8-5-13(6-9-23)15-20-11-21-22-15;/h3-4,7,11,13H,5-6,8-10H2,1-2H3,(H,17,19)(H,20,21,22);1H. The lowest BCUT2D eigenvalue weighted by molar-refractivity contribution is 0.298. The first kappa shape index (κ1) is 18.6. The first-order valence-corrected chi connectivity index (χ1v) is 7.99. The van der Waals surface area contributed by atoms with Crippen molar-refractivity contribution in [3.8, 4) is 0 Å². The van der Waals surface area contributed by atoms with Crippen LogP contribution in [0.3, 0.4) is 0 Å². The Labute approximate surface area is 159 Å². The molecular formula is C16H24IN7. The Bertz CT molecular complexity index is 648. The van der Waals surface area contributed by atoms with E-state index in [4.69, 9.17) is 0 Å². The highest BCUT2D eigenvalue weighted by molar-refractivity contribution is 14.0. The molecule has 0 saturated carbocycles. The number of guanidine groups is 1. The molecule has 0 atom stereocenters. The quantitative estimate of drug-likeness (QED) is 0.433. The zero-order valence-corrected chi connectivity index (χ0v) is 16.4. The molecule has 1 aliphatic rings. The Hall–Kier alpha value is -1.71. The van der Waals surface area contributed by atoms with Crippen LogP contribution >= 0.6 is 24.0 Å². The summed E-state index contributed by atoms with van der Waals surface area (Å²) in [5, 5.41) is 10.4. The lowest BCUT2D eigenvalue weighted by Crippen LogP contribution is -2.45. The number of aromatic nitrogens is 4. The number of hydrogen-bond donors (Lipinski definition) is 2. The minimum absolute atomic E-state index is 0. The monoisotopic (exact) mass is 441 g/mol. The first-order chi connectivity index (χ1) is 11.3. The van der Waals surface area contributed by atoms with E-state index in [1.165, 1.54) is 5.56 Å². The molecule has 24 heavy (non-hydrogen) atoms. The molecule has 0 radical (unpaired) electrons. The maximum atomic E-state index is 4.42. The van der Waals surface area contributed by atoms with Crippen LogP contribution in [0.4, 0.5) is 0 Å². The summed E-state index contributed by atoms with van der Waals surface area (Å²) in [6.45, 7) is 4.70. The number of H-pyrrole nitrogens is 1. The van der Waals surface area contributed by atoms with Crippen LogP contribution in [0, 0.1) is 6.92 Å². The first-order valence-electron chi connectivity index (χ1n) is 7.99. The highest BCUT2D eigenvalue weighted by atomic mass is 127. The summed E-state index contributed by atoms with van der Waals surface area (Å²) in [4.78, 5) is 15.4. The van der Waals surface area contributed by atoms with Crippen molar-refractivity contribution in [2.75, 3.05) is 20.1 Å². The van der Waals surface area contributed by atoms with Crippen LogP contribution in [-0.4, -0.2) is 51.2 Å². The number of aliphatic imine (C=N–C) groups is 1. The topological polar surface area (TPSA) is 82.1 Å². The van der Waals surface area contributed by atoms with Crippen molar-refractivity contribution in [3.63, 3.8) is 0 Å². The third-order valence-corrected chi connectivity index (χ3v) is 4.36. The Morgan fingerprint density at radius 1 is 1.38 bits per heavy atom. The third-order valence-electron chi connectivity index (χ3n) is 4.36. The molecule has 1 saturated heterocycles. The molecular weight excluding hydrogens is 417 g/mol. The number of halogens is 1. The molecule has 2 aromatic heterocycles. The molecule has 0 aliphatic carbocycles. The molecule has 7 nitrogen and oxygen atoms in total. The average molecular weight is 441 g/mol. The molecule has 0 aromatic carbocycles. The Balaban J connectivity index is 0.00000208. The highest BCUT2D eigenvalue weighted by Gasteiger charge is 2.24. The molecule has 130 valence electrons. The van der Waals surface area contributed by atoms with E-state index in [0.717, 1.165) is 43.4 Å². The summed E-state index contributed by atoms with van der Waals surface area (Å²) >= 11 is 0. The van der Waals surface area contributed by atoms with Gasteiger partial charge in [0.05, 0.1) is 12.2 Å². The summed E-state index contributed by atoms with van der Waals surface area (Å²) in [6.07, 6.45) is 5.52. The number of hydrogen-bond acceptors (Lipinski definition) is 4. The summed E-state index contributed by atoms with van der Waals surface area (Å²) in [5.41, 5.74) is 2.25. The SMILES string of the molecule is CN=C(NCc1ncccc1C)N1CCC(c2ncn[nH]2)CC1.I. The fourth-order valence-corrected chi connectivity index (χ4v) is 2.97. The van der Waals surface area contributed by atoms with Crippen LogP contribution in [0.5, 0.6) is 0 Å². The van der Waals surface area contributed by atoms with Gasteiger partial charge in [-0.25, -0.2) is 4.98 Å². The molecule has 1 fully saturated rings. The normalized spacial score (nSPS) is 15.9. The summed E-state index contributed by atoms with van der Waals surface area (Å²) in [7, 11) is 1.83. The lowest BCUT2D eigenvalue weighted by atomic mass is 9.96. The molecule has 0 spiro atoms. The van der Waals surface area contributed by atoms with E-state index in [-0.39, 0.29) is 24.0 Å². The highest BCUT2D eigenvalue weighted by Crippen LogP contribution is 2.24. The second-order valence-corrected chi connectivity index (χ2v) is 5.80. The predicted octanol–water partition coefficient (Wildman–Crippen LogP) is 2.08. The number of likely N-dealkylation sites (tertiary alicyclic amines) is 1. The van der Waals surface area contributed by atoms with Crippen molar-refractivity contribution >= 4 is 29.9 Å². The van der Waals surface area contributed by atoms with Crippen molar-refractivity contribution in [1.82, 2.24) is 30.4 Å². The molecule has 0 amide bonds. The van der Waals surface area contributed by atoms with Crippen LogP contribution in [0.2, 0.25) is 0 Å². The van der Waals surface area contributed by atoms with Crippen LogP contribution in [0.1, 0.15) is 35.8 Å². The zero-order valence-electron chi connectivity index (χ0n) is 14.1. The van der Waals surface area contributed by atoms with Gasteiger partial charge in [-0.15, -0.1) is 24.0 Å². The summed E-state index contributed by atoms with van der Waals surface area (Å²) in [5.74, 6) is 2.40. The van der Waals surface area contributed by atoms with Gasteiger partial charge in [-0.3, -0.25) is 15.1 Å². The smallest absolute Gasteiger partial charge is 0.193 e. The predicted molar refractivity (Wildman–Crippen MR) is 105 cm³/mol. The van der Waals surface area contributed by atoms with Gasteiger partial charge in [0.25, 0.3) is 0 Å². The molecule has 3 rings (SSSR count). The molecule has 2 N–H and O–H groups in total. The molecule has 0 unspecified atom stereocenters. The van der Waals surface area contributed by atoms with Gasteiger partial charge in [0, 0.05) is 32.3 Å². The van der Waals surface area contributed by atoms with E-state index in [0.29, 0.717) is 12.5 Å². The lowest BCUT2D eigenvalue weighted by Gasteiger charge is -2.33. The second-order valence-electron chi connectivity index (χ2n) is 5.80. The van der Waals surface area contributed by atoms with Crippen LogP contribution in [-0.2, 0) is 6.54 Å². The van der Waals surface area contributed by atoms with E-state index in [1.54, 1.807) is 6.33 Å². The zero-order chi connectivity index (χ0) is 16.1. The van der Waals surface area contributed by atoms with Crippen molar-refractivity contribution in [3.05, 3.63) is 41.7 Å². The van der Waals surface area contributed by atoms with Gasteiger partial charge in [-0.05, 0) is 31.4 Å². The Morgan fingerprint density at radius 3 is 2.79 bits per heavy atom. The Morgan fingerprint density at radius 2 is 2.17 bits per heavy atom. The van der Waals surface area contributed by atoms with Gasteiger partial charge in [-0.2, -0.15) is 5.10 Å². The van der Waals surface area contributed by atoms with E-state index >= 15 is 0 Å². The van der Waals surface area contributed by atoms with Gasteiger partial charge in [0.1, 0.15) is 12.2 Å². The van der Waals surface area contributed by atoms with Crippen molar-refractivity contribution < 1.29 is 0 Å². The fourth-order valence-electron chi connectivity index (χ4n) is 2.97. The number of nitrogens with one attached hydrogen (secondary N) is 2. The van der Waals surface area contributed by atoms with Crippen molar-refractivity contribution in [2.24, 2.45) is 4.99 Å². The van der Waals surface area contributed by atoms with E-state index < -0.39 is 0 Å².